The molecule has 0 aromatic rings. The zero-order chi connectivity index (χ0) is 19.3. The van der Waals surface area contributed by atoms with E-state index in [9.17, 15) is 14.4 Å². The predicted octanol–water partition coefficient (Wildman–Crippen LogP) is 2.94. The standard InChI is InChI=1S/C12H10NO3.C10H15.Ir/c1-13-11(15)8-5-7-6(10(8)12(13)16)3-2-4-9(7)14;1-6-7(2)9(4)10(5)8(6)3;/h2-4,8,10H,5H2,1H3;1-5H3;. The summed E-state index contributed by atoms with van der Waals surface area (Å²) in [5.74, 6) is 7.57. The number of hydrogen-bond donors (Lipinski definition) is 0. The number of carbonyl (C=O) groups excluding carboxylic acids is 3. The van der Waals surface area contributed by atoms with Gasteiger partial charge in [-0.3, -0.25) is 19.3 Å². The molecule has 0 aromatic carbocycles. The second-order valence-corrected chi connectivity index (χ2v) is 7.47. The van der Waals surface area contributed by atoms with Crippen LogP contribution in [0, 0.1) is 72.5 Å². The van der Waals surface area contributed by atoms with Crippen molar-refractivity contribution in [3.8, 4) is 0 Å². The molecule has 1 aliphatic heterocycles. The largest absolute Gasteiger partial charge is 0.299 e. The minimum Gasteiger partial charge on any atom is -0.299 e. The Morgan fingerprint density at radius 2 is 1.30 bits per heavy atom. The van der Waals surface area contributed by atoms with Crippen molar-refractivity contribution in [3.63, 3.8) is 0 Å². The van der Waals surface area contributed by atoms with Gasteiger partial charge in [0.15, 0.2) is 0 Å². The number of nitrogens with zero attached hydrogens (tertiary/aromatic N) is 1. The molecule has 1 saturated heterocycles. The van der Waals surface area contributed by atoms with Gasteiger partial charge in [0.25, 0.3) is 0 Å². The van der Waals surface area contributed by atoms with Gasteiger partial charge in [0, 0.05) is 39.5 Å². The summed E-state index contributed by atoms with van der Waals surface area (Å²) in [4.78, 5) is 36.4. The molecular weight excluding hydrogens is 518 g/mol. The molecule has 0 N–H and O–H groups in total. The van der Waals surface area contributed by atoms with Crippen molar-refractivity contribution < 1.29 is 34.5 Å². The van der Waals surface area contributed by atoms with E-state index < -0.39 is 5.92 Å². The molecule has 0 spiro atoms. The second kappa shape index (κ2) is 8.45. The smallest absolute Gasteiger partial charge is 0.233 e. The Morgan fingerprint density at radius 3 is 1.78 bits per heavy atom. The Balaban J connectivity index is 0.000000208. The molecule has 27 heavy (non-hydrogen) atoms. The van der Waals surface area contributed by atoms with E-state index in [0.29, 0.717) is 12.3 Å². The van der Waals surface area contributed by atoms with Crippen LogP contribution in [-0.2, 0) is 34.5 Å². The maximum absolute atomic E-state index is 11.9. The minimum atomic E-state index is -0.415. The fourth-order valence-electron chi connectivity index (χ4n) is 4.15. The summed E-state index contributed by atoms with van der Waals surface area (Å²) in [5.41, 5.74) is 0. The van der Waals surface area contributed by atoms with Crippen LogP contribution in [0.1, 0.15) is 41.0 Å². The molecule has 4 fully saturated rings. The van der Waals surface area contributed by atoms with Gasteiger partial charge >= 0.3 is 0 Å². The van der Waals surface area contributed by atoms with Gasteiger partial charge in [-0.05, 0) is 48.9 Å². The van der Waals surface area contributed by atoms with Crippen LogP contribution >= 0.6 is 0 Å². The fraction of sp³-hybridized carbons (Fsp3) is 0.409. The van der Waals surface area contributed by atoms with E-state index in [1.165, 1.54) is 48.0 Å². The van der Waals surface area contributed by atoms with Gasteiger partial charge in [-0.25, -0.2) is 0 Å². The van der Waals surface area contributed by atoms with Crippen LogP contribution in [0.4, 0.5) is 0 Å². The van der Waals surface area contributed by atoms with Crippen LogP contribution in [0.15, 0.2) is 0 Å². The third-order valence-corrected chi connectivity index (χ3v) is 6.39. The molecule has 2 atom stereocenters. The van der Waals surface area contributed by atoms with E-state index in [0.717, 1.165) is 5.92 Å². The zero-order valence-electron chi connectivity index (χ0n) is 16.6. The number of carbonyl (C=O) groups is 3. The number of ketones is 1. The molecular formula is C22H25IrNO3. The van der Waals surface area contributed by atoms with Crippen LogP contribution in [0.5, 0.6) is 0 Å². The molecule has 3 saturated carbocycles. The van der Waals surface area contributed by atoms with E-state index >= 15 is 0 Å². The summed E-state index contributed by atoms with van der Waals surface area (Å²) in [7, 11) is 1.50. The van der Waals surface area contributed by atoms with Gasteiger partial charge in [0.2, 0.25) is 11.8 Å². The Bertz CT molecular complexity index is 562. The van der Waals surface area contributed by atoms with Crippen LogP contribution in [0.2, 0.25) is 0 Å². The van der Waals surface area contributed by atoms with Crippen LogP contribution in [0.25, 0.3) is 0 Å². The number of Topliss-reactive ketones (excluding diaryl/α,β-unsaturated/α-hetero) is 1. The van der Waals surface area contributed by atoms with Crippen molar-refractivity contribution in [2.75, 3.05) is 7.05 Å². The second-order valence-electron chi connectivity index (χ2n) is 7.47. The first-order valence-corrected chi connectivity index (χ1v) is 8.96. The molecule has 4 aliphatic rings. The third-order valence-electron chi connectivity index (χ3n) is 6.39. The number of fused-ring (bicyclic) bond motifs is 3. The van der Waals surface area contributed by atoms with E-state index in [-0.39, 0.29) is 43.6 Å². The van der Waals surface area contributed by atoms with Gasteiger partial charge in [-0.15, -0.1) is 0 Å². The van der Waals surface area contributed by atoms with Gasteiger partial charge in [0.05, 0.1) is 17.8 Å². The van der Waals surface area contributed by atoms with Crippen molar-refractivity contribution in [2.24, 2.45) is 11.8 Å². The normalized spacial score (nSPS) is 31.8. The summed E-state index contributed by atoms with van der Waals surface area (Å²) < 4.78 is 0. The van der Waals surface area contributed by atoms with E-state index in [2.05, 4.69) is 34.6 Å². The predicted molar refractivity (Wildman–Crippen MR) is 98.4 cm³/mol. The summed E-state index contributed by atoms with van der Waals surface area (Å²) >= 11 is 0. The SMILES string of the molecule is CN1C(=O)C2C[C]3[C]([CH][CH][CH]C3=O)C2C1=O.C[C]1[C](C)[C](C)[C](C)[C]1C.[Ir]. The van der Waals surface area contributed by atoms with Gasteiger partial charge in [0.1, 0.15) is 5.78 Å². The molecule has 4 nitrogen and oxygen atoms in total. The molecule has 11 radical (unpaired) electrons. The summed E-state index contributed by atoms with van der Waals surface area (Å²) in [6.45, 7) is 11.0. The topological polar surface area (TPSA) is 54.5 Å². The first-order chi connectivity index (χ1) is 12.2. The monoisotopic (exact) mass is 544 g/mol. The molecule has 145 valence electrons. The maximum atomic E-state index is 11.9. The van der Waals surface area contributed by atoms with Gasteiger partial charge in [-0.1, -0.05) is 34.6 Å². The minimum absolute atomic E-state index is 0. The first-order valence-electron chi connectivity index (χ1n) is 8.96. The Kier molecular flexibility index (Phi) is 7.12. The van der Waals surface area contributed by atoms with Crippen molar-refractivity contribution in [2.45, 2.75) is 41.0 Å². The van der Waals surface area contributed by atoms with Crippen molar-refractivity contribution in [1.29, 1.82) is 0 Å². The molecule has 1 heterocycles. The van der Waals surface area contributed by atoms with E-state index in [1.54, 1.807) is 12.8 Å². The number of rotatable bonds is 0. The zero-order valence-corrected chi connectivity index (χ0v) is 19.0. The Labute approximate surface area is 177 Å². The quantitative estimate of drug-likeness (QED) is 0.442. The fourth-order valence-corrected chi connectivity index (χ4v) is 4.15. The average Bonchev–Trinajstić information content (AvgIpc) is 3.17. The Morgan fingerprint density at radius 1 is 0.815 bits per heavy atom. The summed E-state index contributed by atoms with van der Waals surface area (Å²) in [5, 5.41) is 0. The first kappa shape index (κ1) is 22.7. The number of hydrogen-bond acceptors (Lipinski definition) is 3. The number of imide groups is 1. The van der Waals surface area contributed by atoms with Crippen molar-refractivity contribution >= 4 is 17.6 Å². The summed E-state index contributed by atoms with van der Waals surface area (Å²) in [6.07, 6.45) is 5.33. The molecule has 4 rings (SSSR count). The average molecular weight is 544 g/mol. The van der Waals surface area contributed by atoms with Crippen LogP contribution < -0.4 is 0 Å². The molecule has 3 aliphatic carbocycles. The van der Waals surface area contributed by atoms with Crippen molar-refractivity contribution in [1.82, 2.24) is 4.90 Å². The molecule has 2 unspecified atom stereocenters. The molecule has 5 heteroatoms. The summed E-state index contributed by atoms with van der Waals surface area (Å²) in [6, 6.07) is 0. The van der Waals surface area contributed by atoms with E-state index in [4.69, 9.17) is 0 Å². The molecule has 2 amide bonds. The van der Waals surface area contributed by atoms with Gasteiger partial charge < -0.3 is 0 Å². The number of likely N-dealkylation sites (tertiary alicyclic amines) is 1. The maximum Gasteiger partial charge on any atom is 0.233 e. The van der Waals surface area contributed by atoms with Gasteiger partial charge in [-0.2, -0.15) is 0 Å². The number of amides is 2. The Hall–Kier alpha value is -0.541. The molecule has 0 aromatic heterocycles. The third kappa shape index (κ3) is 3.71. The van der Waals surface area contributed by atoms with E-state index in [1.807, 2.05) is 0 Å². The molecule has 0 bridgehead atoms. The van der Waals surface area contributed by atoms with Crippen molar-refractivity contribution in [3.05, 3.63) is 60.7 Å². The van der Waals surface area contributed by atoms with Crippen LogP contribution in [0.3, 0.4) is 0 Å². The van der Waals surface area contributed by atoms with Crippen LogP contribution in [-0.4, -0.2) is 29.5 Å².